The molecule has 1 saturated carbocycles. The SMILES string of the molecule is CCCN(C1CC2CCC(C1)N2)C(C)C(=O)NC1CC1. The number of nitrogens with one attached hydrogen (secondary N) is 2. The summed E-state index contributed by atoms with van der Waals surface area (Å²) in [5.74, 6) is 0.242. The van der Waals surface area contributed by atoms with Crippen LogP contribution in [0.25, 0.3) is 0 Å². The fourth-order valence-electron chi connectivity index (χ4n) is 3.95. The molecule has 114 valence electrons. The molecule has 1 amide bonds. The maximum absolute atomic E-state index is 12.4. The largest absolute Gasteiger partial charge is 0.352 e. The highest BCUT2D eigenvalue weighted by atomic mass is 16.2. The third-order valence-corrected chi connectivity index (χ3v) is 5.20. The number of amides is 1. The Morgan fingerprint density at radius 1 is 1.25 bits per heavy atom. The Morgan fingerprint density at radius 2 is 1.90 bits per heavy atom. The van der Waals surface area contributed by atoms with Crippen LogP contribution < -0.4 is 10.6 Å². The molecule has 4 heteroatoms. The van der Waals surface area contributed by atoms with E-state index in [2.05, 4.69) is 29.4 Å². The Labute approximate surface area is 122 Å². The second-order valence-electron chi connectivity index (χ2n) is 6.96. The number of rotatable bonds is 6. The first-order chi connectivity index (χ1) is 9.67. The highest BCUT2D eigenvalue weighted by Crippen LogP contribution is 2.31. The lowest BCUT2D eigenvalue weighted by molar-refractivity contribution is -0.127. The van der Waals surface area contributed by atoms with Crippen LogP contribution in [0, 0.1) is 0 Å². The Kier molecular flexibility index (Phi) is 4.32. The lowest BCUT2D eigenvalue weighted by atomic mass is 9.96. The maximum Gasteiger partial charge on any atom is 0.237 e. The van der Waals surface area contributed by atoms with Gasteiger partial charge >= 0.3 is 0 Å². The second kappa shape index (κ2) is 6.02. The van der Waals surface area contributed by atoms with Crippen molar-refractivity contribution in [3.8, 4) is 0 Å². The van der Waals surface area contributed by atoms with Crippen molar-refractivity contribution in [2.45, 2.75) is 89.0 Å². The molecular weight excluding hydrogens is 250 g/mol. The monoisotopic (exact) mass is 279 g/mol. The molecule has 3 rings (SSSR count). The van der Waals surface area contributed by atoms with Gasteiger partial charge in [-0.15, -0.1) is 0 Å². The normalized spacial score (nSPS) is 34.2. The zero-order valence-electron chi connectivity index (χ0n) is 12.9. The fraction of sp³-hybridized carbons (Fsp3) is 0.938. The van der Waals surface area contributed by atoms with Crippen LogP contribution in [0.4, 0.5) is 0 Å². The van der Waals surface area contributed by atoms with Gasteiger partial charge in [-0.1, -0.05) is 6.92 Å². The molecule has 0 radical (unpaired) electrons. The molecule has 2 saturated heterocycles. The molecule has 0 aromatic heterocycles. The third kappa shape index (κ3) is 3.17. The summed E-state index contributed by atoms with van der Waals surface area (Å²) in [5.41, 5.74) is 0. The molecule has 3 atom stereocenters. The van der Waals surface area contributed by atoms with Gasteiger partial charge in [0, 0.05) is 24.2 Å². The van der Waals surface area contributed by atoms with E-state index in [1.165, 1.54) is 38.5 Å². The minimum absolute atomic E-state index is 0.0260. The van der Waals surface area contributed by atoms with E-state index in [1.54, 1.807) is 0 Å². The molecule has 0 aromatic carbocycles. The van der Waals surface area contributed by atoms with Gasteiger partial charge in [-0.05, 0) is 58.4 Å². The van der Waals surface area contributed by atoms with E-state index >= 15 is 0 Å². The quantitative estimate of drug-likeness (QED) is 0.777. The lowest BCUT2D eigenvalue weighted by Crippen LogP contribution is -2.55. The smallest absolute Gasteiger partial charge is 0.237 e. The van der Waals surface area contributed by atoms with Crippen LogP contribution in [-0.4, -0.2) is 47.6 Å². The summed E-state index contributed by atoms with van der Waals surface area (Å²) < 4.78 is 0. The molecule has 3 unspecified atom stereocenters. The van der Waals surface area contributed by atoms with E-state index in [0.717, 1.165) is 13.0 Å². The minimum Gasteiger partial charge on any atom is -0.352 e. The molecule has 0 aromatic rings. The average molecular weight is 279 g/mol. The summed E-state index contributed by atoms with van der Waals surface area (Å²) in [7, 11) is 0. The van der Waals surface area contributed by atoms with Crippen molar-refractivity contribution < 1.29 is 4.79 Å². The van der Waals surface area contributed by atoms with Gasteiger partial charge in [0.15, 0.2) is 0 Å². The van der Waals surface area contributed by atoms with Gasteiger partial charge in [-0.25, -0.2) is 0 Å². The topological polar surface area (TPSA) is 44.4 Å². The van der Waals surface area contributed by atoms with Crippen LogP contribution in [0.15, 0.2) is 0 Å². The second-order valence-corrected chi connectivity index (χ2v) is 6.96. The van der Waals surface area contributed by atoms with Crippen molar-refractivity contribution in [2.24, 2.45) is 0 Å². The number of piperidine rings is 1. The van der Waals surface area contributed by atoms with Gasteiger partial charge in [0.2, 0.25) is 5.91 Å². The lowest BCUT2D eigenvalue weighted by Gasteiger charge is -2.40. The number of hydrogen-bond acceptors (Lipinski definition) is 3. The summed E-state index contributed by atoms with van der Waals surface area (Å²) in [5, 5.41) is 6.87. The van der Waals surface area contributed by atoms with E-state index < -0.39 is 0 Å². The van der Waals surface area contributed by atoms with Gasteiger partial charge in [0.05, 0.1) is 6.04 Å². The maximum atomic E-state index is 12.4. The van der Waals surface area contributed by atoms with Gasteiger partial charge in [-0.2, -0.15) is 0 Å². The summed E-state index contributed by atoms with van der Waals surface area (Å²) in [6.45, 7) is 5.36. The molecule has 2 N–H and O–H groups in total. The van der Waals surface area contributed by atoms with Crippen LogP contribution in [-0.2, 0) is 4.79 Å². The van der Waals surface area contributed by atoms with Crippen molar-refractivity contribution in [1.82, 2.24) is 15.5 Å². The van der Waals surface area contributed by atoms with E-state index in [4.69, 9.17) is 0 Å². The Hall–Kier alpha value is -0.610. The number of nitrogens with zero attached hydrogens (tertiary/aromatic N) is 1. The molecule has 20 heavy (non-hydrogen) atoms. The molecule has 2 bridgehead atoms. The summed E-state index contributed by atoms with van der Waals surface area (Å²) in [6, 6.07) is 2.47. The van der Waals surface area contributed by atoms with Gasteiger partial charge in [-0.3, -0.25) is 9.69 Å². The van der Waals surface area contributed by atoms with Crippen molar-refractivity contribution in [2.75, 3.05) is 6.54 Å². The zero-order valence-corrected chi connectivity index (χ0v) is 12.9. The first-order valence-corrected chi connectivity index (χ1v) is 8.49. The van der Waals surface area contributed by atoms with Gasteiger partial charge in [0.1, 0.15) is 0 Å². The summed E-state index contributed by atoms with van der Waals surface area (Å²) >= 11 is 0. The zero-order chi connectivity index (χ0) is 14.1. The van der Waals surface area contributed by atoms with Crippen LogP contribution in [0.3, 0.4) is 0 Å². The van der Waals surface area contributed by atoms with Crippen LogP contribution in [0.5, 0.6) is 0 Å². The van der Waals surface area contributed by atoms with E-state index in [1.807, 2.05) is 0 Å². The predicted octanol–water partition coefficient (Wildman–Crippen LogP) is 1.65. The van der Waals surface area contributed by atoms with Gasteiger partial charge in [0.25, 0.3) is 0 Å². The predicted molar refractivity (Wildman–Crippen MR) is 80.6 cm³/mol. The molecule has 2 aliphatic heterocycles. The number of hydrogen-bond donors (Lipinski definition) is 2. The van der Waals surface area contributed by atoms with E-state index in [-0.39, 0.29) is 11.9 Å². The average Bonchev–Trinajstić information content (AvgIpc) is 3.19. The van der Waals surface area contributed by atoms with E-state index in [9.17, 15) is 4.79 Å². The molecular formula is C16H29N3O. The van der Waals surface area contributed by atoms with Crippen molar-refractivity contribution >= 4 is 5.91 Å². The highest BCUT2D eigenvalue weighted by Gasteiger charge is 2.38. The van der Waals surface area contributed by atoms with Gasteiger partial charge < -0.3 is 10.6 Å². The number of carbonyl (C=O) groups is 1. The van der Waals surface area contributed by atoms with E-state index in [0.29, 0.717) is 24.2 Å². The third-order valence-electron chi connectivity index (χ3n) is 5.20. The van der Waals surface area contributed by atoms with Crippen LogP contribution in [0.2, 0.25) is 0 Å². The Bertz CT molecular complexity index is 344. The van der Waals surface area contributed by atoms with Crippen LogP contribution >= 0.6 is 0 Å². The van der Waals surface area contributed by atoms with Crippen molar-refractivity contribution in [3.63, 3.8) is 0 Å². The first kappa shape index (κ1) is 14.3. The molecule has 3 aliphatic rings. The molecule has 2 heterocycles. The Morgan fingerprint density at radius 3 is 2.45 bits per heavy atom. The highest BCUT2D eigenvalue weighted by molar-refractivity contribution is 5.81. The number of carbonyl (C=O) groups excluding carboxylic acids is 1. The molecule has 4 nitrogen and oxygen atoms in total. The van der Waals surface area contributed by atoms with Crippen LogP contribution in [0.1, 0.15) is 58.8 Å². The minimum atomic E-state index is 0.0260. The summed E-state index contributed by atoms with van der Waals surface area (Å²) in [4.78, 5) is 14.8. The van der Waals surface area contributed by atoms with Crippen molar-refractivity contribution in [1.29, 1.82) is 0 Å². The summed E-state index contributed by atoms with van der Waals surface area (Å²) in [6.07, 6.45) is 8.55. The first-order valence-electron chi connectivity index (χ1n) is 8.49. The fourth-order valence-corrected chi connectivity index (χ4v) is 3.95. The number of fused-ring (bicyclic) bond motifs is 2. The molecule has 1 aliphatic carbocycles. The Balaban J connectivity index is 1.62. The molecule has 3 fully saturated rings. The standard InChI is InChI=1S/C16H29N3O/c1-3-8-19(11(2)16(20)18-12-4-5-12)15-9-13-6-7-14(10-15)17-13/h11-15,17H,3-10H2,1-2H3,(H,18,20). The van der Waals surface area contributed by atoms with Crippen molar-refractivity contribution in [3.05, 3.63) is 0 Å². The molecule has 0 spiro atoms.